The van der Waals surface area contributed by atoms with E-state index in [0.717, 1.165) is 38.4 Å². The Morgan fingerprint density at radius 2 is 1.74 bits per heavy atom. The molecule has 2 aliphatic rings. The minimum atomic E-state index is 0.0947. The molecule has 1 unspecified atom stereocenters. The molecule has 1 N–H and O–H groups in total. The quantitative estimate of drug-likeness (QED) is 0.855. The third kappa shape index (κ3) is 3.65. The fourth-order valence-electron chi connectivity index (χ4n) is 4.41. The van der Waals surface area contributed by atoms with E-state index < -0.39 is 0 Å². The number of rotatable bonds is 6. The van der Waals surface area contributed by atoms with E-state index in [4.69, 9.17) is 4.74 Å². The highest BCUT2D eigenvalue weighted by Gasteiger charge is 2.54. The summed E-state index contributed by atoms with van der Waals surface area (Å²) in [4.78, 5) is 16.8. The molecule has 0 radical (unpaired) electrons. The van der Waals surface area contributed by atoms with Gasteiger partial charge in [-0.3, -0.25) is 4.79 Å². The summed E-state index contributed by atoms with van der Waals surface area (Å²) in [7, 11) is 1.58. The number of nitrogens with one attached hydrogen (secondary N) is 1. The molecule has 2 heterocycles. The molecule has 2 saturated heterocycles. The van der Waals surface area contributed by atoms with E-state index >= 15 is 0 Å². The first-order valence-corrected chi connectivity index (χ1v) is 9.56. The highest BCUT2D eigenvalue weighted by Crippen LogP contribution is 2.45. The summed E-state index contributed by atoms with van der Waals surface area (Å²) in [6.07, 6.45) is 0. The second kappa shape index (κ2) is 7.61. The first-order chi connectivity index (χ1) is 13.2. The average molecular weight is 365 g/mol. The Hall–Kier alpha value is -2.53. The monoisotopic (exact) mass is 365 g/mol. The summed E-state index contributed by atoms with van der Waals surface area (Å²) in [6, 6.07) is 20.8. The van der Waals surface area contributed by atoms with Crippen LogP contribution in [0.1, 0.15) is 0 Å². The van der Waals surface area contributed by atoms with Crippen LogP contribution >= 0.6 is 0 Å². The van der Waals surface area contributed by atoms with Gasteiger partial charge in [0, 0.05) is 62.5 Å². The maximum absolute atomic E-state index is 12.4. The predicted octanol–water partition coefficient (Wildman–Crippen LogP) is 2.71. The van der Waals surface area contributed by atoms with Gasteiger partial charge in [0.15, 0.2) is 0 Å². The Bertz CT molecular complexity index is 760. The predicted molar refractivity (Wildman–Crippen MR) is 108 cm³/mol. The second-order valence-corrected chi connectivity index (χ2v) is 7.71. The summed E-state index contributed by atoms with van der Waals surface area (Å²) in [5.74, 6) is 0.524. The van der Waals surface area contributed by atoms with Crippen LogP contribution in [0.15, 0.2) is 60.7 Å². The van der Waals surface area contributed by atoms with E-state index in [2.05, 4.69) is 46.6 Å². The number of ether oxygens (including phenoxy) is 1. The lowest BCUT2D eigenvalue weighted by molar-refractivity contribution is -0.134. The molecule has 1 amide bonds. The third-order valence-electron chi connectivity index (χ3n) is 5.89. The average Bonchev–Trinajstić information content (AvgIpc) is 3.07. The van der Waals surface area contributed by atoms with Crippen molar-refractivity contribution in [3.63, 3.8) is 0 Å². The van der Waals surface area contributed by atoms with Crippen LogP contribution in [0.5, 0.6) is 0 Å². The normalized spacial score (nSPS) is 20.6. The number of carbonyl (C=O) groups is 1. The van der Waals surface area contributed by atoms with Crippen LogP contribution in [0.3, 0.4) is 0 Å². The van der Waals surface area contributed by atoms with Gasteiger partial charge in [-0.05, 0) is 24.3 Å². The van der Waals surface area contributed by atoms with Crippen molar-refractivity contribution in [2.24, 2.45) is 11.3 Å². The number of nitrogens with zero attached hydrogens (tertiary/aromatic N) is 2. The number of carbonyl (C=O) groups excluding carboxylic acids is 1. The summed E-state index contributed by atoms with van der Waals surface area (Å²) in [6.45, 7) is 4.65. The molecule has 2 fully saturated rings. The minimum absolute atomic E-state index is 0.0947. The van der Waals surface area contributed by atoms with E-state index in [1.807, 2.05) is 29.2 Å². The zero-order valence-corrected chi connectivity index (χ0v) is 15.8. The molecule has 27 heavy (non-hydrogen) atoms. The van der Waals surface area contributed by atoms with E-state index in [1.54, 1.807) is 7.11 Å². The first-order valence-electron chi connectivity index (χ1n) is 9.56. The molecule has 0 saturated carbocycles. The zero-order valence-electron chi connectivity index (χ0n) is 15.8. The molecule has 142 valence electrons. The van der Waals surface area contributed by atoms with Gasteiger partial charge in [-0.2, -0.15) is 0 Å². The molecule has 4 rings (SSSR count). The number of hydrogen-bond donors (Lipinski definition) is 1. The van der Waals surface area contributed by atoms with Crippen LogP contribution in [0.25, 0.3) is 0 Å². The Morgan fingerprint density at radius 1 is 1.07 bits per heavy atom. The van der Waals surface area contributed by atoms with Gasteiger partial charge in [0.1, 0.15) is 6.61 Å². The summed E-state index contributed by atoms with van der Waals surface area (Å²) in [5.41, 5.74) is 2.55. The van der Waals surface area contributed by atoms with Crippen molar-refractivity contribution in [1.29, 1.82) is 0 Å². The van der Waals surface area contributed by atoms with Crippen molar-refractivity contribution in [1.82, 2.24) is 4.90 Å². The minimum Gasteiger partial charge on any atom is -0.385 e. The largest absolute Gasteiger partial charge is 0.385 e. The third-order valence-corrected chi connectivity index (χ3v) is 5.89. The number of anilines is 2. The molecule has 2 aromatic carbocycles. The molecule has 0 aromatic heterocycles. The highest BCUT2D eigenvalue weighted by atomic mass is 16.5. The number of methoxy groups -OCH3 is 1. The molecular formula is C22H27N3O2. The van der Waals surface area contributed by atoms with E-state index in [9.17, 15) is 4.79 Å². The van der Waals surface area contributed by atoms with Crippen molar-refractivity contribution in [3.8, 4) is 0 Å². The topological polar surface area (TPSA) is 44.8 Å². The van der Waals surface area contributed by atoms with E-state index in [0.29, 0.717) is 5.92 Å². The molecule has 0 bridgehead atoms. The van der Waals surface area contributed by atoms with Crippen LogP contribution in [0.2, 0.25) is 0 Å². The van der Waals surface area contributed by atoms with Crippen LogP contribution in [0.4, 0.5) is 11.4 Å². The van der Waals surface area contributed by atoms with Gasteiger partial charge in [-0.25, -0.2) is 0 Å². The Kier molecular flexibility index (Phi) is 5.03. The molecular weight excluding hydrogens is 338 g/mol. The molecule has 0 aliphatic carbocycles. The molecule has 2 aliphatic heterocycles. The van der Waals surface area contributed by atoms with Gasteiger partial charge in [-0.15, -0.1) is 0 Å². The van der Waals surface area contributed by atoms with Crippen LogP contribution in [-0.2, 0) is 9.53 Å². The van der Waals surface area contributed by atoms with E-state index in [1.165, 1.54) is 5.69 Å². The highest BCUT2D eigenvalue weighted by molar-refractivity contribution is 5.78. The van der Waals surface area contributed by atoms with Gasteiger partial charge in [0.25, 0.3) is 0 Å². The van der Waals surface area contributed by atoms with Crippen molar-refractivity contribution in [3.05, 3.63) is 60.7 Å². The van der Waals surface area contributed by atoms with Gasteiger partial charge in [0.05, 0.1) is 0 Å². The number of hydrogen-bond acceptors (Lipinski definition) is 4. The Balaban J connectivity index is 1.46. The van der Waals surface area contributed by atoms with Gasteiger partial charge < -0.3 is 19.9 Å². The summed E-state index contributed by atoms with van der Waals surface area (Å²) in [5, 5.41) is 3.57. The van der Waals surface area contributed by atoms with Gasteiger partial charge in [-0.1, -0.05) is 36.4 Å². The van der Waals surface area contributed by atoms with Crippen LogP contribution in [0, 0.1) is 11.3 Å². The summed E-state index contributed by atoms with van der Waals surface area (Å²) < 4.78 is 5.07. The Labute approximate surface area is 160 Å². The lowest BCUT2D eigenvalue weighted by atomic mass is 9.71. The van der Waals surface area contributed by atoms with Crippen LogP contribution in [-0.4, -0.2) is 57.2 Å². The summed E-state index contributed by atoms with van der Waals surface area (Å²) >= 11 is 0. The number of amides is 1. The van der Waals surface area contributed by atoms with Gasteiger partial charge >= 0.3 is 0 Å². The fraction of sp³-hybridized carbons (Fsp3) is 0.409. The van der Waals surface area contributed by atoms with Crippen molar-refractivity contribution < 1.29 is 9.53 Å². The number of benzene rings is 2. The standard InChI is InChI=1S/C22H27N3O2/c1-27-14-21(26)24-13-18(12-23-19-8-4-2-5-9-19)22(15-24)16-25(17-22)20-10-6-3-7-11-20/h2-11,18,23H,12-17H2,1H3. The maximum atomic E-state index is 12.4. The number of likely N-dealkylation sites (tertiary alicyclic amines) is 1. The fourth-order valence-corrected chi connectivity index (χ4v) is 4.41. The number of para-hydroxylation sites is 2. The SMILES string of the molecule is COCC(=O)N1CC(CNc2ccccc2)C2(C1)CN(c1ccccc1)C2. The lowest BCUT2D eigenvalue weighted by Crippen LogP contribution is -2.61. The van der Waals surface area contributed by atoms with Crippen molar-refractivity contribution >= 4 is 17.3 Å². The first kappa shape index (κ1) is 17.9. The maximum Gasteiger partial charge on any atom is 0.248 e. The Morgan fingerprint density at radius 3 is 2.41 bits per heavy atom. The molecule has 5 heteroatoms. The molecule has 5 nitrogen and oxygen atoms in total. The van der Waals surface area contributed by atoms with Gasteiger partial charge in [0.2, 0.25) is 5.91 Å². The smallest absolute Gasteiger partial charge is 0.248 e. The van der Waals surface area contributed by atoms with Crippen molar-refractivity contribution in [2.75, 3.05) is 56.7 Å². The van der Waals surface area contributed by atoms with Crippen LogP contribution < -0.4 is 10.2 Å². The second-order valence-electron chi connectivity index (χ2n) is 7.71. The molecule has 2 aromatic rings. The van der Waals surface area contributed by atoms with E-state index in [-0.39, 0.29) is 17.9 Å². The molecule has 1 spiro atoms. The zero-order chi connectivity index (χ0) is 18.7. The van der Waals surface area contributed by atoms with Crippen molar-refractivity contribution in [2.45, 2.75) is 0 Å². The molecule has 1 atom stereocenters. The lowest BCUT2D eigenvalue weighted by Gasteiger charge is -2.52.